The third kappa shape index (κ3) is 4.96. The molecular weight excluding hydrogens is 398 g/mol. The van der Waals surface area contributed by atoms with Crippen LogP contribution in [0.5, 0.6) is 0 Å². The number of esters is 1. The Balaban J connectivity index is 1.61. The molecule has 1 saturated heterocycles. The number of para-hydroxylation sites is 1. The van der Waals surface area contributed by atoms with Gasteiger partial charge in [0.15, 0.2) is 0 Å². The molecule has 1 aliphatic heterocycles. The third-order valence-electron chi connectivity index (χ3n) is 5.57. The van der Waals surface area contributed by atoms with E-state index in [1.165, 1.54) is 7.11 Å². The number of hydrogen-bond acceptors (Lipinski definition) is 6. The predicted molar refractivity (Wildman–Crippen MR) is 122 cm³/mol. The highest BCUT2D eigenvalue weighted by Gasteiger charge is 2.31. The molecule has 0 radical (unpaired) electrons. The second-order valence-electron chi connectivity index (χ2n) is 7.44. The maximum absolute atomic E-state index is 12.9. The number of amides is 1. The summed E-state index contributed by atoms with van der Waals surface area (Å²) >= 11 is 1.62. The van der Waals surface area contributed by atoms with Gasteiger partial charge in [0.05, 0.1) is 24.4 Å². The van der Waals surface area contributed by atoms with E-state index in [0.717, 1.165) is 35.9 Å². The highest BCUT2D eigenvalue weighted by Crippen LogP contribution is 2.26. The lowest BCUT2D eigenvalue weighted by Gasteiger charge is -2.43. The van der Waals surface area contributed by atoms with Gasteiger partial charge in [0.2, 0.25) is 5.91 Å². The number of nitrogens with zero attached hydrogens (tertiary/aromatic N) is 2. The van der Waals surface area contributed by atoms with Crippen molar-refractivity contribution >= 4 is 35.0 Å². The summed E-state index contributed by atoms with van der Waals surface area (Å²) in [5.74, 6) is -0.318. The number of carbonyl (C=O) groups excluding carboxylic acids is 2. The fourth-order valence-corrected chi connectivity index (χ4v) is 4.40. The summed E-state index contributed by atoms with van der Waals surface area (Å²) in [6.45, 7) is 6.54. The first kappa shape index (κ1) is 22.2. The number of ether oxygens (including phenoxy) is 1. The SMILES string of the molecule is COC(=O)c1ccc(N2CCN(C(C)C(=O)Nc3ccccc3SC)C(C)C2)cc1. The Morgan fingerprint density at radius 3 is 2.47 bits per heavy atom. The van der Waals surface area contributed by atoms with Gasteiger partial charge in [-0.05, 0) is 56.5 Å². The molecule has 2 atom stereocenters. The van der Waals surface area contributed by atoms with Crippen molar-refractivity contribution < 1.29 is 14.3 Å². The van der Waals surface area contributed by atoms with Crippen LogP contribution in [0, 0.1) is 0 Å². The Morgan fingerprint density at radius 1 is 1.13 bits per heavy atom. The molecule has 0 aliphatic carbocycles. The van der Waals surface area contributed by atoms with Crippen molar-refractivity contribution in [3.05, 3.63) is 54.1 Å². The molecule has 0 saturated carbocycles. The van der Waals surface area contributed by atoms with Gasteiger partial charge in [0, 0.05) is 36.3 Å². The van der Waals surface area contributed by atoms with Gasteiger partial charge in [-0.2, -0.15) is 0 Å². The minimum Gasteiger partial charge on any atom is -0.465 e. The molecule has 0 spiro atoms. The van der Waals surface area contributed by atoms with E-state index in [1.54, 1.807) is 23.9 Å². The van der Waals surface area contributed by atoms with Crippen molar-refractivity contribution in [1.82, 2.24) is 4.90 Å². The summed E-state index contributed by atoms with van der Waals surface area (Å²) in [4.78, 5) is 30.1. The van der Waals surface area contributed by atoms with E-state index < -0.39 is 0 Å². The van der Waals surface area contributed by atoms with Gasteiger partial charge < -0.3 is 15.0 Å². The van der Waals surface area contributed by atoms with Crippen molar-refractivity contribution in [2.24, 2.45) is 0 Å². The van der Waals surface area contributed by atoms with E-state index in [1.807, 2.05) is 49.6 Å². The number of carbonyl (C=O) groups is 2. The van der Waals surface area contributed by atoms with Crippen LogP contribution in [0.15, 0.2) is 53.4 Å². The first-order chi connectivity index (χ1) is 14.4. The van der Waals surface area contributed by atoms with Gasteiger partial charge in [-0.3, -0.25) is 9.69 Å². The van der Waals surface area contributed by atoms with Crippen molar-refractivity contribution in [2.75, 3.05) is 43.2 Å². The van der Waals surface area contributed by atoms with E-state index in [0.29, 0.717) is 5.56 Å². The quantitative estimate of drug-likeness (QED) is 0.560. The number of nitrogens with one attached hydrogen (secondary N) is 1. The number of thioether (sulfide) groups is 1. The van der Waals surface area contributed by atoms with Crippen LogP contribution in [-0.2, 0) is 9.53 Å². The molecule has 1 aliphatic rings. The fourth-order valence-electron chi connectivity index (χ4n) is 3.84. The largest absolute Gasteiger partial charge is 0.465 e. The van der Waals surface area contributed by atoms with Crippen molar-refractivity contribution in [2.45, 2.75) is 30.8 Å². The monoisotopic (exact) mass is 427 g/mol. The maximum atomic E-state index is 12.9. The molecule has 1 fully saturated rings. The summed E-state index contributed by atoms with van der Waals surface area (Å²) in [7, 11) is 1.38. The van der Waals surface area contributed by atoms with Crippen LogP contribution in [0.1, 0.15) is 24.2 Å². The van der Waals surface area contributed by atoms with Gasteiger partial charge in [0.25, 0.3) is 0 Å². The van der Waals surface area contributed by atoms with E-state index in [2.05, 4.69) is 22.0 Å². The van der Waals surface area contributed by atoms with Gasteiger partial charge in [-0.15, -0.1) is 11.8 Å². The Morgan fingerprint density at radius 2 is 1.83 bits per heavy atom. The zero-order valence-electron chi connectivity index (χ0n) is 17.9. The van der Waals surface area contributed by atoms with Crippen LogP contribution in [0.4, 0.5) is 11.4 Å². The second kappa shape index (κ2) is 10.00. The lowest BCUT2D eigenvalue weighted by Crippen LogP contribution is -2.57. The van der Waals surface area contributed by atoms with E-state index in [-0.39, 0.29) is 24.0 Å². The number of piperazine rings is 1. The van der Waals surface area contributed by atoms with E-state index in [9.17, 15) is 9.59 Å². The van der Waals surface area contributed by atoms with E-state index >= 15 is 0 Å². The van der Waals surface area contributed by atoms with Crippen LogP contribution >= 0.6 is 11.8 Å². The minimum atomic E-state index is -0.331. The number of hydrogen-bond donors (Lipinski definition) is 1. The summed E-state index contributed by atoms with van der Waals surface area (Å²) < 4.78 is 4.76. The van der Waals surface area contributed by atoms with E-state index in [4.69, 9.17) is 4.74 Å². The molecule has 7 heteroatoms. The van der Waals surface area contributed by atoms with Crippen LogP contribution < -0.4 is 10.2 Å². The molecule has 1 heterocycles. The standard InChI is InChI=1S/C23H29N3O3S/c1-16-15-25(19-11-9-18(10-12-19)23(28)29-3)13-14-26(16)17(2)22(27)24-20-7-5-6-8-21(20)30-4/h5-12,16-17H,13-15H2,1-4H3,(H,24,27). The van der Waals surface area contributed by atoms with Gasteiger partial charge >= 0.3 is 5.97 Å². The zero-order chi connectivity index (χ0) is 21.7. The molecule has 0 aromatic heterocycles. The number of methoxy groups -OCH3 is 1. The molecule has 1 N–H and O–H groups in total. The highest BCUT2D eigenvalue weighted by molar-refractivity contribution is 7.98. The normalized spacial score (nSPS) is 18.0. The Hall–Kier alpha value is -2.51. The minimum absolute atomic E-state index is 0.0132. The molecule has 2 unspecified atom stereocenters. The number of rotatable bonds is 6. The Bertz CT molecular complexity index is 888. The highest BCUT2D eigenvalue weighted by atomic mass is 32.2. The summed E-state index contributed by atoms with van der Waals surface area (Å²) in [6, 6.07) is 15.3. The topological polar surface area (TPSA) is 61.9 Å². The Labute approximate surface area is 182 Å². The zero-order valence-corrected chi connectivity index (χ0v) is 18.7. The predicted octanol–water partition coefficient (Wildman–Crippen LogP) is 3.73. The van der Waals surface area contributed by atoms with Crippen LogP contribution in [-0.4, -0.2) is 61.9 Å². The summed E-state index contributed by atoms with van der Waals surface area (Å²) in [6.07, 6.45) is 2.01. The number of anilines is 2. The summed E-state index contributed by atoms with van der Waals surface area (Å²) in [5.41, 5.74) is 2.47. The van der Waals surface area contributed by atoms with Crippen molar-refractivity contribution in [3.63, 3.8) is 0 Å². The van der Waals surface area contributed by atoms with Crippen molar-refractivity contribution in [3.8, 4) is 0 Å². The van der Waals surface area contributed by atoms with Crippen LogP contribution in [0.25, 0.3) is 0 Å². The third-order valence-corrected chi connectivity index (χ3v) is 6.37. The Kier molecular flexibility index (Phi) is 7.39. The van der Waals surface area contributed by atoms with Crippen LogP contribution in [0.2, 0.25) is 0 Å². The molecule has 1 amide bonds. The molecule has 6 nitrogen and oxygen atoms in total. The van der Waals surface area contributed by atoms with Gasteiger partial charge in [0.1, 0.15) is 0 Å². The first-order valence-electron chi connectivity index (χ1n) is 10.1. The summed E-state index contributed by atoms with van der Waals surface area (Å²) in [5, 5.41) is 3.09. The van der Waals surface area contributed by atoms with Gasteiger partial charge in [-0.25, -0.2) is 4.79 Å². The van der Waals surface area contributed by atoms with Crippen LogP contribution in [0.3, 0.4) is 0 Å². The lowest BCUT2D eigenvalue weighted by atomic mass is 10.1. The molecule has 0 bridgehead atoms. The number of benzene rings is 2. The maximum Gasteiger partial charge on any atom is 0.337 e. The second-order valence-corrected chi connectivity index (χ2v) is 8.28. The smallest absolute Gasteiger partial charge is 0.337 e. The van der Waals surface area contributed by atoms with Gasteiger partial charge in [-0.1, -0.05) is 12.1 Å². The fraction of sp³-hybridized carbons (Fsp3) is 0.391. The molecule has 2 aromatic rings. The average Bonchev–Trinajstić information content (AvgIpc) is 2.78. The molecule has 30 heavy (non-hydrogen) atoms. The lowest BCUT2D eigenvalue weighted by molar-refractivity contribution is -0.121. The average molecular weight is 428 g/mol. The van der Waals surface area contributed by atoms with Crippen molar-refractivity contribution in [1.29, 1.82) is 0 Å². The molecule has 3 rings (SSSR count). The molecule has 160 valence electrons. The first-order valence-corrected chi connectivity index (χ1v) is 11.3. The molecule has 2 aromatic carbocycles. The molecular formula is C23H29N3O3S.